The fourth-order valence-electron chi connectivity index (χ4n) is 4.34. The SMILES string of the molecule is CCOc1cc(/C=C2\SC(=NCc3ccccc3)N(Cc3ccccc3)C2=O)cc(Br)c1OCc1ccc(C)cc1. The fourth-order valence-corrected chi connectivity index (χ4v) is 5.89. The average molecular weight is 628 g/mol. The number of rotatable bonds is 10. The van der Waals surface area contributed by atoms with Crippen LogP contribution in [0.25, 0.3) is 6.08 Å². The van der Waals surface area contributed by atoms with Crippen LogP contribution >= 0.6 is 27.7 Å². The summed E-state index contributed by atoms with van der Waals surface area (Å²) in [5.41, 5.74) is 5.26. The van der Waals surface area contributed by atoms with Gasteiger partial charge in [0.2, 0.25) is 0 Å². The number of amides is 1. The number of ether oxygens (including phenoxy) is 2. The number of hydrogen-bond acceptors (Lipinski definition) is 5. The Morgan fingerprint density at radius 3 is 2.24 bits per heavy atom. The molecule has 1 saturated heterocycles. The lowest BCUT2D eigenvalue weighted by Crippen LogP contribution is -2.28. The van der Waals surface area contributed by atoms with Gasteiger partial charge in [0.1, 0.15) is 6.61 Å². The second-order valence-corrected chi connectivity index (χ2v) is 11.5. The maximum atomic E-state index is 13.7. The standard InChI is InChI=1S/C34H31BrN2O3S/c1-3-39-30-19-28(18-29(35)32(30)40-23-27-16-14-24(2)15-17-27)20-31-33(38)37(22-26-12-8-5-9-13-26)34(41-31)36-21-25-10-6-4-7-11-25/h4-20H,3,21-23H2,1-2H3/b31-20-,36-34?. The van der Waals surface area contributed by atoms with E-state index in [1.54, 1.807) is 4.90 Å². The van der Waals surface area contributed by atoms with Crippen LogP contribution in [0.15, 0.2) is 111 Å². The molecular weight excluding hydrogens is 596 g/mol. The molecule has 208 valence electrons. The number of carbonyl (C=O) groups excluding carboxylic acids is 1. The van der Waals surface area contributed by atoms with E-state index < -0.39 is 0 Å². The molecule has 7 heteroatoms. The van der Waals surface area contributed by atoms with Crippen molar-refractivity contribution in [3.05, 3.63) is 134 Å². The highest BCUT2D eigenvalue weighted by atomic mass is 79.9. The van der Waals surface area contributed by atoms with Gasteiger partial charge in [-0.2, -0.15) is 0 Å². The van der Waals surface area contributed by atoms with Crippen molar-refractivity contribution in [1.29, 1.82) is 0 Å². The Morgan fingerprint density at radius 1 is 0.878 bits per heavy atom. The van der Waals surface area contributed by atoms with E-state index in [1.807, 2.05) is 85.8 Å². The van der Waals surface area contributed by atoms with Gasteiger partial charge < -0.3 is 9.47 Å². The van der Waals surface area contributed by atoms with Crippen LogP contribution in [-0.4, -0.2) is 22.6 Å². The summed E-state index contributed by atoms with van der Waals surface area (Å²) in [7, 11) is 0. The molecule has 1 aliphatic rings. The Labute approximate surface area is 254 Å². The number of aliphatic imine (C=N–C) groups is 1. The number of amidine groups is 1. The van der Waals surface area contributed by atoms with E-state index in [2.05, 4.69) is 47.1 Å². The molecule has 0 radical (unpaired) electrons. The lowest BCUT2D eigenvalue weighted by atomic mass is 10.1. The lowest BCUT2D eigenvalue weighted by molar-refractivity contribution is -0.122. The predicted molar refractivity (Wildman–Crippen MR) is 171 cm³/mol. The zero-order valence-corrected chi connectivity index (χ0v) is 25.5. The van der Waals surface area contributed by atoms with Crippen LogP contribution in [0, 0.1) is 6.92 Å². The molecule has 0 saturated carbocycles. The van der Waals surface area contributed by atoms with Crippen LogP contribution in [0.5, 0.6) is 11.5 Å². The van der Waals surface area contributed by atoms with E-state index >= 15 is 0 Å². The van der Waals surface area contributed by atoms with Gasteiger partial charge in [0, 0.05) is 0 Å². The molecular formula is C34H31BrN2O3S. The maximum absolute atomic E-state index is 13.7. The van der Waals surface area contributed by atoms with Gasteiger partial charge in [-0.25, -0.2) is 0 Å². The predicted octanol–water partition coefficient (Wildman–Crippen LogP) is 8.41. The molecule has 0 N–H and O–H groups in total. The van der Waals surface area contributed by atoms with E-state index in [0.29, 0.717) is 47.9 Å². The third kappa shape index (κ3) is 7.48. The molecule has 4 aromatic carbocycles. The largest absolute Gasteiger partial charge is 0.490 e. The minimum absolute atomic E-state index is 0.0700. The van der Waals surface area contributed by atoms with Crippen molar-refractivity contribution in [3.63, 3.8) is 0 Å². The highest BCUT2D eigenvalue weighted by Crippen LogP contribution is 2.40. The van der Waals surface area contributed by atoms with Gasteiger partial charge >= 0.3 is 0 Å². The van der Waals surface area contributed by atoms with Gasteiger partial charge in [0.15, 0.2) is 16.7 Å². The van der Waals surface area contributed by atoms with Crippen LogP contribution < -0.4 is 9.47 Å². The van der Waals surface area contributed by atoms with Gasteiger partial charge in [-0.05, 0) is 82.0 Å². The maximum Gasteiger partial charge on any atom is 0.267 e. The summed E-state index contributed by atoms with van der Waals surface area (Å²) >= 11 is 5.07. The van der Waals surface area contributed by atoms with Crippen molar-refractivity contribution in [1.82, 2.24) is 4.90 Å². The first kappa shape index (κ1) is 28.7. The number of benzene rings is 4. The summed E-state index contributed by atoms with van der Waals surface area (Å²) in [4.78, 5) is 20.9. The molecule has 1 aliphatic heterocycles. The van der Waals surface area contributed by atoms with E-state index in [1.165, 1.54) is 17.3 Å². The van der Waals surface area contributed by atoms with E-state index in [0.717, 1.165) is 26.7 Å². The molecule has 1 amide bonds. The summed E-state index contributed by atoms with van der Waals surface area (Å²) in [6.07, 6.45) is 1.90. The number of halogens is 1. The molecule has 0 spiro atoms. The fraction of sp³-hybridized carbons (Fsp3) is 0.176. The quantitative estimate of drug-likeness (QED) is 0.166. The lowest BCUT2D eigenvalue weighted by Gasteiger charge is -2.16. The van der Waals surface area contributed by atoms with Crippen LogP contribution in [-0.2, 0) is 24.5 Å². The summed E-state index contributed by atoms with van der Waals surface area (Å²) in [5, 5.41) is 0.691. The van der Waals surface area contributed by atoms with E-state index in [-0.39, 0.29) is 5.91 Å². The summed E-state index contributed by atoms with van der Waals surface area (Å²) in [5.74, 6) is 1.19. The second-order valence-electron chi connectivity index (χ2n) is 9.61. The van der Waals surface area contributed by atoms with Crippen molar-refractivity contribution in [2.45, 2.75) is 33.5 Å². The third-order valence-electron chi connectivity index (χ3n) is 6.44. The minimum atomic E-state index is -0.0700. The Kier molecular flexibility index (Phi) is 9.59. The molecule has 5 nitrogen and oxygen atoms in total. The van der Waals surface area contributed by atoms with E-state index in [4.69, 9.17) is 14.5 Å². The monoisotopic (exact) mass is 626 g/mol. The van der Waals surface area contributed by atoms with Crippen molar-refractivity contribution in [2.24, 2.45) is 4.99 Å². The molecule has 5 rings (SSSR count). The Balaban J connectivity index is 1.42. The van der Waals surface area contributed by atoms with E-state index in [9.17, 15) is 4.79 Å². The number of hydrogen-bond donors (Lipinski definition) is 0. The van der Waals surface area contributed by atoms with Crippen molar-refractivity contribution in [2.75, 3.05) is 6.61 Å². The smallest absolute Gasteiger partial charge is 0.267 e. The first-order valence-corrected chi connectivity index (χ1v) is 15.1. The van der Waals surface area contributed by atoms with Crippen molar-refractivity contribution >= 4 is 44.8 Å². The number of carbonyl (C=O) groups is 1. The highest BCUT2D eigenvalue weighted by molar-refractivity contribution is 9.10. The van der Waals surface area contributed by atoms with Crippen LogP contribution in [0.3, 0.4) is 0 Å². The molecule has 4 aromatic rings. The number of nitrogens with zero attached hydrogens (tertiary/aromatic N) is 2. The van der Waals surface area contributed by atoms with Gasteiger partial charge in [-0.15, -0.1) is 0 Å². The summed E-state index contributed by atoms with van der Waals surface area (Å²) in [6.45, 7) is 5.87. The Morgan fingerprint density at radius 2 is 1.56 bits per heavy atom. The summed E-state index contributed by atoms with van der Waals surface area (Å²) < 4.78 is 12.9. The Hall–Kier alpha value is -3.81. The van der Waals surface area contributed by atoms with Gasteiger partial charge in [0.25, 0.3) is 5.91 Å². The normalized spacial score (nSPS) is 15.1. The van der Waals surface area contributed by atoms with Crippen LogP contribution in [0.4, 0.5) is 0 Å². The Bertz CT molecular complexity index is 1550. The summed E-state index contributed by atoms with van der Waals surface area (Å²) in [6, 6.07) is 32.2. The van der Waals surface area contributed by atoms with Crippen LogP contribution in [0.2, 0.25) is 0 Å². The average Bonchev–Trinajstić information content (AvgIpc) is 3.27. The molecule has 0 aromatic heterocycles. The first-order chi connectivity index (χ1) is 20.0. The highest BCUT2D eigenvalue weighted by Gasteiger charge is 2.33. The van der Waals surface area contributed by atoms with Gasteiger partial charge in [-0.3, -0.25) is 14.7 Å². The second kappa shape index (κ2) is 13.7. The molecule has 0 bridgehead atoms. The zero-order chi connectivity index (χ0) is 28.6. The molecule has 0 unspecified atom stereocenters. The van der Waals surface area contributed by atoms with Gasteiger partial charge in [-0.1, -0.05) is 90.5 Å². The van der Waals surface area contributed by atoms with Gasteiger partial charge in [0.05, 0.1) is 29.1 Å². The minimum Gasteiger partial charge on any atom is -0.490 e. The third-order valence-corrected chi connectivity index (χ3v) is 8.08. The van der Waals surface area contributed by atoms with Crippen molar-refractivity contribution < 1.29 is 14.3 Å². The molecule has 41 heavy (non-hydrogen) atoms. The number of thioether (sulfide) groups is 1. The molecule has 1 heterocycles. The molecule has 0 aliphatic carbocycles. The molecule has 1 fully saturated rings. The zero-order valence-electron chi connectivity index (χ0n) is 23.0. The topological polar surface area (TPSA) is 51.1 Å². The number of aryl methyl sites for hydroxylation is 1. The molecule has 0 atom stereocenters. The first-order valence-electron chi connectivity index (χ1n) is 13.5. The van der Waals surface area contributed by atoms with Crippen molar-refractivity contribution in [3.8, 4) is 11.5 Å². The van der Waals surface area contributed by atoms with Crippen LogP contribution in [0.1, 0.15) is 34.7 Å².